The molecule has 0 bridgehead atoms. The summed E-state index contributed by atoms with van der Waals surface area (Å²) in [6.07, 6.45) is 1.35. The molecule has 2 aromatic rings. The number of nitrogens with two attached hydrogens (primary N) is 1. The van der Waals surface area contributed by atoms with Crippen molar-refractivity contribution in [3.8, 4) is 0 Å². The summed E-state index contributed by atoms with van der Waals surface area (Å²) in [4.78, 5) is 20.3. The fourth-order valence-corrected chi connectivity index (χ4v) is 7.00. The minimum atomic E-state index is -3.92. The molecular formula is C17H21BrN3O6PS. The van der Waals surface area contributed by atoms with Crippen molar-refractivity contribution in [3.63, 3.8) is 0 Å². The van der Waals surface area contributed by atoms with Crippen LogP contribution in [0.2, 0.25) is 0 Å². The number of carbonyl (C=O) groups excluding carboxylic acids is 1. The normalized spacial score (nSPS) is 12.1. The number of aromatic nitrogens is 2. The summed E-state index contributed by atoms with van der Waals surface area (Å²) in [5, 5.41) is 0. The van der Waals surface area contributed by atoms with Gasteiger partial charge >= 0.3 is 7.60 Å². The molecule has 0 aliphatic heterocycles. The maximum atomic E-state index is 12.6. The van der Waals surface area contributed by atoms with E-state index >= 15 is 0 Å². The highest BCUT2D eigenvalue weighted by Gasteiger charge is 2.32. The fraction of sp³-hybridized carbons (Fsp3) is 0.353. The van der Waals surface area contributed by atoms with Crippen molar-refractivity contribution >= 4 is 45.0 Å². The molecule has 2 N–H and O–H groups in total. The minimum Gasteiger partial charge on any atom is -0.382 e. The van der Waals surface area contributed by atoms with Crippen LogP contribution < -0.4 is 5.73 Å². The Morgan fingerprint density at radius 1 is 1.17 bits per heavy atom. The zero-order valence-electron chi connectivity index (χ0n) is 15.9. The third kappa shape index (κ3) is 6.42. The molecule has 1 heterocycles. The predicted octanol–water partition coefficient (Wildman–Crippen LogP) is 3.24. The number of benzene rings is 1. The number of hydrogen-bond donors (Lipinski definition) is 1. The molecule has 0 aliphatic rings. The standard InChI is InChI=1S/C17H21BrN3O6PS/c1-3-26-28(23,27-4-2)11-29(24,25)13-7-5-12(6-8-13)9-14(22)16-17(19)20-10-15(18)21-16/h5-8,10H,3-4,9,11H2,1-2H3,(H2,19,20). The summed E-state index contributed by atoms with van der Waals surface area (Å²) in [5.74, 6) is -0.343. The highest BCUT2D eigenvalue weighted by atomic mass is 79.9. The average molecular weight is 506 g/mol. The van der Waals surface area contributed by atoms with Crippen LogP contribution in [0.25, 0.3) is 0 Å². The van der Waals surface area contributed by atoms with Crippen molar-refractivity contribution in [1.29, 1.82) is 0 Å². The lowest BCUT2D eigenvalue weighted by Gasteiger charge is -2.17. The summed E-state index contributed by atoms with van der Waals surface area (Å²) in [6.45, 7) is 3.34. The second kappa shape index (κ2) is 9.90. The minimum absolute atomic E-state index is 0.0139. The van der Waals surface area contributed by atoms with Crippen LogP contribution in [0.1, 0.15) is 29.9 Å². The van der Waals surface area contributed by atoms with Gasteiger partial charge in [0.15, 0.2) is 26.9 Å². The summed E-state index contributed by atoms with van der Waals surface area (Å²) in [5.41, 5.74) is 5.52. The number of sulfone groups is 1. The largest absolute Gasteiger partial charge is 0.382 e. The first kappa shape index (κ1) is 23.6. The monoisotopic (exact) mass is 505 g/mol. The van der Waals surface area contributed by atoms with Gasteiger partial charge in [-0.15, -0.1) is 0 Å². The molecule has 2 rings (SSSR count). The predicted molar refractivity (Wildman–Crippen MR) is 112 cm³/mol. The molecule has 0 saturated carbocycles. The summed E-state index contributed by atoms with van der Waals surface area (Å²) < 4.78 is 48.2. The topological polar surface area (TPSA) is 139 Å². The highest BCUT2D eigenvalue weighted by molar-refractivity contribution is 9.10. The van der Waals surface area contributed by atoms with Crippen molar-refractivity contribution < 1.29 is 26.8 Å². The highest BCUT2D eigenvalue weighted by Crippen LogP contribution is 2.50. The van der Waals surface area contributed by atoms with Gasteiger partial charge in [0.2, 0.25) is 0 Å². The zero-order valence-corrected chi connectivity index (χ0v) is 19.2. The lowest BCUT2D eigenvalue weighted by Crippen LogP contribution is -2.12. The first-order chi connectivity index (χ1) is 13.6. The molecule has 9 nitrogen and oxygen atoms in total. The second-order valence-electron chi connectivity index (χ2n) is 5.86. The van der Waals surface area contributed by atoms with E-state index in [0.29, 0.717) is 10.2 Å². The van der Waals surface area contributed by atoms with Crippen molar-refractivity contribution in [2.45, 2.75) is 25.2 Å². The van der Waals surface area contributed by atoms with Gasteiger partial charge in [0, 0.05) is 6.42 Å². The Morgan fingerprint density at radius 2 is 1.76 bits per heavy atom. The van der Waals surface area contributed by atoms with E-state index in [4.69, 9.17) is 14.8 Å². The molecule has 0 aliphatic carbocycles. The second-order valence-corrected chi connectivity index (χ2v) is 11.1. The molecule has 0 amide bonds. The lowest BCUT2D eigenvalue weighted by molar-refractivity contribution is 0.0988. The van der Waals surface area contributed by atoms with Crippen LogP contribution in [-0.4, -0.2) is 42.9 Å². The molecule has 0 saturated heterocycles. The van der Waals surface area contributed by atoms with Gasteiger partial charge in [-0.3, -0.25) is 9.36 Å². The molecule has 158 valence electrons. The van der Waals surface area contributed by atoms with Gasteiger partial charge < -0.3 is 14.8 Å². The number of rotatable bonds is 10. The third-order valence-electron chi connectivity index (χ3n) is 3.66. The van der Waals surface area contributed by atoms with Crippen LogP contribution in [0.15, 0.2) is 40.0 Å². The Balaban J connectivity index is 2.17. The van der Waals surface area contributed by atoms with Gasteiger partial charge in [0.25, 0.3) is 0 Å². The number of halogens is 1. The van der Waals surface area contributed by atoms with Crippen molar-refractivity contribution in [3.05, 3.63) is 46.3 Å². The van der Waals surface area contributed by atoms with Gasteiger partial charge in [0.05, 0.1) is 24.3 Å². The molecule has 0 radical (unpaired) electrons. The van der Waals surface area contributed by atoms with Crippen LogP contribution >= 0.6 is 23.5 Å². The molecule has 0 atom stereocenters. The number of nitrogen functional groups attached to an aromatic ring is 1. The molecule has 29 heavy (non-hydrogen) atoms. The van der Waals surface area contributed by atoms with E-state index in [1.807, 2.05) is 0 Å². The maximum Gasteiger partial charge on any atom is 0.346 e. The number of Topliss-reactive ketones (excluding diaryl/α,β-unsaturated/α-hetero) is 1. The number of hydrogen-bond acceptors (Lipinski definition) is 9. The van der Waals surface area contributed by atoms with Gasteiger partial charge in [0.1, 0.15) is 10.3 Å². The average Bonchev–Trinajstić information content (AvgIpc) is 2.64. The Bertz CT molecular complexity index is 1020. The van der Waals surface area contributed by atoms with Crippen LogP contribution in [-0.2, 0) is 29.9 Å². The first-order valence-corrected chi connectivity index (χ1v) is 12.8. The Morgan fingerprint density at radius 3 is 2.31 bits per heavy atom. The Labute approximate surface area is 177 Å². The Hall–Kier alpha value is -1.65. The lowest BCUT2D eigenvalue weighted by atomic mass is 10.1. The van der Waals surface area contributed by atoms with Crippen molar-refractivity contribution in [1.82, 2.24) is 9.97 Å². The Kier molecular flexibility index (Phi) is 8.07. The molecule has 1 aromatic heterocycles. The van der Waals surface area contributed by atoms with Crippen LogP contribution in [0.3, 0.4) is 0 Å². The molecule has 0 spiro atoms. The SMILES string of the molecule is CCOP(=O)(CS(=O)(=O)c1ccc(CC(=O)c2nc(Br)cnc2N)cc1)OCC. The van der Waals surface area contributed by atoms with Gasteiger partial charge in [-0.25, -0.2) is 18.4 Å². The van der Waals surface area contributed by atoms with Crippen molar-refractivity contribution in [2.75, 3.05) is 24.4 Å². The van der Waals surface area contributed by atoms with Crippen LogP contribution in [0.5, 0.6) is 0 Å². The number of carbonyl (C=O) groups is 1. The molecule has 0 unspecified atom stereocenters. The molecule has 12 heteroatoms. The maximum absolute atomic E-state index is 12.6. The quantitative estimate of drug-likeness (QED) is 0.380. The summed E-state index contributed by atoms with van der Waals surface area (Å²) >= 11 is 3.14. The van der Waals surface area contributed by atoms with E-state index in [9.17, 15) is 17.8 Å². The number of nitrogens with zero attached hydrogens (tertiary/aromatic N) is 2. The third-order valence-corrected chi connectivity index (χ3v) is 8.96. The fourth-order valence-electron chi connectivity index (χ4n) is 2.45. The van der Waals surface area contributed by atoms with Gasteiger partial charge in [-0.05, 0) is 47.5 Å². The van der Waals surface area contributed by atoms with Gasteiger partial charge in [-0.2, -0.15) is 0 Å². The van der Waals surface area contributed by atoms with E-state index in [0.717, 1.165) is 0 Å². The molecule has 1 aromatic carbocycles. The summed E-state index contributed by atoms with van der Waals surface area (Å²) in [7, 11) is -7.69. The van der Waals surface area contributed by atoms with Crippen molar-refractivity contribution in [2.24, 2.45) is 0 Å². The number of anilines is 1. The molecular weight excluding hydrogens is 485 g/mol. The van der Waals surface area contributed by atoms with E-state index in [1.165, 1.54) is 30.5 Å². The summed E-state index contributed by atoms with van der Waals surface area (Å²) in [6, 6.07) is 5.68. The van der Waals surface area contributed by atoms with Crippen LogP contribution in [0, 0.1) is 0 Å². The smallest absolute Gasteiger partial charge is 0.346 e. The first-order valence-electron chi connectivity index (χ1n) is 8.61. The number of ketones is 1. The van der Waals surface area contributed by atoms with Crippen LogP contribution in [0.4, 0.5) is 5.82 Å². The molecule has 0 fully saturated rings. The van der Waals surface area contributed by atoms with E-state index in [1.54, 1.807) is 13.8 Å². The van der Waals surface area contributed by atoms with E-state index < -0.39 is 22.9 Å². The zero-order chi connectivity index (χ0) is 21.7. The van der Waals surface area contributed by atoms with Gasteiger partial charge in [-0.1, -0.05) is 12.1 Å². The van der Waals surface area contributed by atoms with E-state index in [-0.39, 0.29) is 41.8 Å². The van der Waals surface area contributed by atoms with E-state index in [2.05, 4.69) is 25.9 Å².